The lowest BCUT2D eigenvalue weighted by atomic mass is 9.78. The monoisotopic (exact) mass is 440 g/mol. The highest BCUT2D eigenvalue weighted by Gasteiger charge is 2.66. The number of esters is 2. The van der Waals surface area contributed by atoms with E-state index in [-0.39, 0.29) is 23.5 Å². The molecule has 1 saturated heterocycles. The molecule has 0 amide bonds. The number of rotatable bonds is 7. The van der Waals surface area contributed by atoms with Gasteiger partial charge in [0, 0.05) is 0 Å². The second kappa shape index (κ2) is 8.55. The maximum absolute atomic E-state index is 13.1. The molecule has 0 saturated carbocycles. The van der Waals surface area contributed by atoms with Crippen LogP contribution in [0.3, 0.4) is 0 Å². The van der Waals surface area contributed by atoms with Crippen LogP contribution in [0, 0.1) is 11.8 Å². The summed E-state index contributed by atoms with van der Waals surface area (Å²) in [6, 6.07) is 0. The summed E-state index contributed by atoms with van der Waals surface area (Å²) in [5, 5.41) is -0.0981. The average Bonchev–Trinajstić information content (AvgIpc) is 2.85. The van der Waals surface area contributed by atoms with Crippen LogP contribution in [0.1, 0.15) is 48.5 Å². The van der Waals surface area contributed by atoms with Crippen LogP contribution in [0.4, 0.5) is 0 Å². The maximum Gasteiger partial charge on any atom is 0.313 e. The topological polar surface area (TPSA) is 88.1 Å². The quantitative estimate of drug-likeness (QED) is 0.443. The molecule has 0 aromatic heterocycles. The molecule has 7 nitrogen and oxygen atoms in total. The Bertz CT molecular complexity index is 719. The van der Waals surface area contributed by atoms with Crippen molar-refractivity contribution < 1.29 is 33.0 Å². The van der Waals surface area contributed by atoms with Crippen molar-refractivity contribution in [1.82, 2.24) is 0 Å². The first-order chi connectivity index (χ1) is 13.6. The average molecular weight is 441 g/mol. The highest BCUT2D eigenvalue weighted by Crippen LogP contribution is 2.48. The van der Waals surface area contributed by atoms with Gasteiger partial charge in [0.05, 0.1) is 24.9 Å². The normalized spacial score (nSPS) is 28.9. The van der Waals surface area contributed by atoms with Gasteiger partial charge in [0.15, 0.2) is 19.7 Å². The molecule has 2 aliphatic heterocycles. The summed E-state index contributed by atoms with van der Waals surface area (Å²) in [6.07, 6.45) is 1.41. The van der Waals surface area contributed by atoms with Crippen molar-refractivity contribution in [3.63, 3.8) is 0 Å². The van der Waals surface area contributed by atoms with Crippen molar-refractivity contribution in [3.8, 4) is 0 Å². The lowest BCUT2D eigenvalue weighted by molar-refractivity contribution is -0.171. The smallest absolute Gasteiger partial charge is 0.313 e. The van der Waals surface area contributed by atoms with Crippen LogP contribution in [-0.4, -0.2) is 56.6 Å². The van der Waals surface area contributed by atoms with Crippen molar-refractivity contribution >= 4 is 26.0 Å². The lowest BCUT2D eigenvalue weighted by Gasteiger charge is -2.40. The summed E-state index contributed by atoms with van der Waals surface area (Å²) in [7, 11) is -2.26. The fourth-order valence-corrected chi connectivity index (χ4v) is 4.49. The Balaban J connectivity index is 2.47. The van der Waals surface area contributed by atoms with Gasteiger partial charge in [-0.05, 0) is 51.9 Å². The van der Waals surface area contributed by atoms with Crippen LogP contribution in [0.2, 0.25) is 18.1 Å². The van der Waals surface area contributed by atoms with E-state index in [0.29, 0.717) is 0 Å². The molecular formula is C22H36O7Si. The number of hydrogen-bond acceptors (Lipinski definition) is 7. The Hall–Kier alpha value is -1.51. The van der Waals surface area contributed by atoms with E-state index in [4.69, 9.17) is 18.6 Å². The van der Waals surface area contributed by atoms with Gasteiger partial charge in [0.25, 0.3) is 0 Å². The van der Waals surface area contributed by atoms with Crippen LogP contribution in [0.25, 0.3) is 0 Å². The summed E-state index contributed by atoms with van der Waals surface area (Å²) in [5.41, 5.74) is -1.60. The van der Waals surface area contributed by atoms with Crippen molar-refractivity contribution in [3.05, 3.63) is 12.2 Å². The molecule has 0 N–H and O–H groups in total. The molecule has 0 aliphatic carbocycles. The molecule has 0 radical (unpaired) electrons. The van der Waals surface area contributed by atoms with Gasteiger partial charge in [0.2, 0.25) is 0 Å². The van der Waals surface area contributed by atoms with E-state index < -0.39 is 49.9 Å². The molecule has 0 unspecified atom stereocenters. The summed E-state index contributed by atoms with van der Waals surface area (Å²) in [4.78, 5) is 39.2. The fourth-order valence-electron chi connectivity index (χ4n) is 3.49. The van der Waals surface area contributed by atoms with Gasteiger partial charge in [-0.15, -0.1) is 0 Å². The Labute approximate surface area is 180 Å². The van der Waals surface area contributed by atoms with E-state index in [0.717, 1.165) is 0 Å². The zero-order valence-electron chi connectivity index (χ0n) is 19.6. The number of fused-ring (bicyclic) bond motifs is 2. The zero-order valence-corrected chi connectivity index (χ0v) is 20.6. The molecule has 1 fully saturated rings. The molecule has 8 heteroatoms. The first-order valence-corrected chi connectivity index (χ1v) is 13.5. The van der Waals surface area contributed by atoms with Crippen molar-refractivity contribution in [2.45, 2.75) is 90.5 Å². The van der Waals surface area contributed by atoms with Crippen LogP contribution in [-0.2, 0) is 33.0 Å². The molecule has 170 valence electrons. The molecule has 2 bridgehead atoms. The third-order valence-corrected chi connectivity index (χ3v) is 10.6. The molecule has 0 aromatic carbocycles. The van der Waals surface area contributed by atoms with Gasteiger partial charge in [-0.3, -0.25) is 14.4 Å². The Morgan fingerprint density at radius 1 is 1.10 bits per heavy atom. The third kappa shape index (κ3) is 4.70. The summed E-state index contributed by atoms with van der Waals surface area (Å²) < 4.78 is 23.3. The minimum absolute atomic E-state index is 0.0981. The first kappa shape index (κ1) is 24.8. The number of carbonyl (C=O) groups is 3. The second-order valence-electron chi connectivity index (χ2n) is 10.2. The van der Waals surface area contributed by atoms with Gasteiger partial charge < -0.3 is 18.6 Å². The van der Waals surface area contributed by atoms with Gasteiger partial charge in [-0.1, -0.05) is 26.8 Å². The number of ketones is 1. The van der Waals surface area contributed by atoms with E-state index in [1.807, 2.05) is 0 Å². The van der Waals surface area contributed by atoms with Gasteiger partial charge in [0.1, 0.15) is 11.8 Å². The van der Waals surface area contributed by atoms with Crippen molar-refractivity contribution in [2.24, 2.45) is 11.8 Å². The van der Waals surface area contributed by atoms with Crippen LogP contribution < -0.4 is 0 Å². The number of ether oxygens (including phenoxy) is 3. The van der Waals surface area contributed by atoms with E-state index >= 15 is 0 Å². The van der Waals surface area contributed by atoms with Crippen molar-refractivity contribution in [1.29, 1.82) is 0 Å². The molecule has 0 spiro atoms. The molecule has 2 heterocycles. The third-order valence-electron chi connectivity index (χ3n) is 6.10. The van der Waals surface area contributed by atoms with Crippen LogP contribution in [0.5, 0.6) is 0 Å². The minimum atomic E-state index is -2.26. The van der Waals surface area contributed by atoms with Gasteiger partial charge >= 0.3 is 11.9 Å². The van der Waals surface area contributed by atoms with Gasteiger partial charge in [-0.2, -0.15) is 0 Å². The summed E-state index contributed by atoms with van der Waals surface area (Å²) >= 11 is 0. The largest absolute Gasteiger partial charge is 0.463 e. The summed E-state index contributed by atoms with van der Waals surface area (Å²) in [5.74, 6) is -3.71. The second-order valence-corrected chi connectivity index (χ2v) is 15.0. The van der Waals surface area contributed by atoms with E-state index in [2.05, 4.69) is 33.9 Å². The molecule has 2 aliphatic rings. The van der Waals surface area contributed by atoms with E-state index in [1.165, 1.54) is 12.2 Å². The fraction of sp³-hybridized carbons (Fsp3) is 0.773. The first-order valence-electron chi connectivity index (χ1n) is 10.6. The van der Waals surface area contributed by atoms with Crippen molar-refractivity contribution in [2.75, 3.05) is 6.61 Å². The zero-order chi connectivity index (χ0) is 23.1. The molecule has 4 atom stereocenters. The highest BCUT2D eigenvalue weighted by molar-refractivity contribution is 6.74. The van der Waals surface area contributed by atoms with Crippen LogP contribution >= 0.6 is 0 Å². The Morgan fingerprint density at radius 2 is 1.63 bits per heavy atom. The highest BCUT2D eigenvalue weighted by atomic mass is 28.4. The standard InChI is InChI=1S/C22H36O7Si/c1-13(2)27-19(24)17-15-10-11-16(23)22(29-15,18(17)20(25)28-14(3)4)12-26-30(8,9)21(5,6)7/h10-11,13-15,17-18H,12H2,1-9H3/t15-,17+,18+,22+/m1/s1. The minimum Gasteiger partial charge on any atom is -0.463 e. The predicted molar refractivity (Wildman–Crippen MR) is 114 cm³/mol. The molecule has 2 rings (SSSR count). The SMILES string of the molecule is CC(C)OC(=O)[C@@H]1[C@@H](C(=O)OC(C)C)[C@@]2(CO[Si](C)(C)C(C)(C)C)O[C@@H]1C=CC2=O. The molecule has 0 aromatic rings. The van der Waals surface area contributed by atoms with E-state index in [9.17, 15) is 14.4 Å². The Morgan fingerprint density at radius 3 is 2.13 bits per heavy atom. The van der Waals surface area contributed by atoms with E-state index in [1.54, 1.807) is 27.7 Å². The number of hydrogen-bond donors (Lipinski definition) is 0. The van der Waals surface area contributed by atoms with Crippen LogP contribution in [0.15, 0.2) is 12.2 Å². The molecular weight excluding hydrogens is 404 g/mol. The lowest BCUT2D eigenvalue weighted by Crippen LogP contribution is -2.56. The number of carbonyl (C=O) groups excluding carboxylic acids is 3. The molecule has 30 heavy (non-hydrogen) atoms. The maximum atomic E-state index is 13.1. The predicted octanol–water partition coefficient (Wildman–Crippen LogP) is 3.42. The summed E-state index contributed by atoms with van der Waals surface area (Å²) in [6.45, 7) is 17.2. The van der Waals surface area contributed by atoms with Gasteiger partial charge in [-0.25, -0.2) is 0 Å². The Kier molecular flexibility index (Phi) is 7.06.